The van der Waals surface area contributed by atoms with E-state index < -0.39 is 54.3 Å². The predicted molar refractivity (Wildman–Crippen MR) is 255 cm³/mol. The first kappa shape index (κ1) is 57.2. The number of nitrogens with two attached hydrogens (primary N) is 2. The Morgan fingerprint density at radius 3 is 0.894 bits per heavy atom. The van der Waals surface area contributed by atoms with Crippen molar-refractivity contribution in [3.63, 3.8) is 0 Å². The summed E-state index contributed by atoms with van der Waals surface area (Å²) in [5.41, 5.74) is 11.4. The summed E-state index contributed by atoms with van der Waals surface area (Å²) in [6.07, 6.45) is 1.53. The highest BCUT2D eigenvalue weighted by molar-refractivity contribution is 6.11. The monoisotopic (exact) mass is 931 g/mol. The van der Waals surface area contributed by atoms with Gasteiger partial charge in [0.25, 0.3) is 0 Å². The zero-order valence-corrected chi connectivity index (χ0v) is 41.4. The lowest BCUT2D eigenvalue weighted by Gasteiger charge is -2.19. The van der Waals surface area contributed by atoms with Crippen LogP contribution in [0, 0.1) is 23.7 Å². The van der Waals surface area contributed by atoms with Gasteiger partial charge < -0.3 is 60.0 Å². The Bertz CT molecular complexity index is 1720. The molecule has 0 aliphatic heterocycles. The van der Waals surface area contributed by atoms with Crippen molar-refractivity contribution in [2.24, 2.45) is 23.7 Å². The van der Waals surface area contributed by atoms with E-state index >= 15 is 0 Å². The van der Waals surface area contributed by atoms with E-state index in [1.165, 1.54) is 24.3 Å². The molecule has 0 aliphatic rings. The number of urea groups is 1. The molecule has 0 aromatic heterocycles. The van der Waals surface area contributed by atoms with Crippen molar-refractivity contribution < 1.29 is 61.9 Å². The fourth-order valence-corrected chi connectivity index (χ4v) is 5.70. The van der Waals surface area contributed by atoms with Crippen LogP contribution in [0.3, 0.4) is 0 Å². The first-order valence-electron chi connectivity index (χ1n) is 23.2. The molecule has 0 saturated carbocycles. The maximum absolute atomic E-state index is 13.8. The molecule has 2 amide bonds. The van der Waals surface area contributed by atoms with Gasteiger partial charge in [-0.1, -0.05) is 55.4 Å². The average Bonchev–Trinajstić information content (AvgIpc) is 3.22. The summed E-state index contributed by atoms with van der Waals surface area (Å²) in [4.78, 5) is 67.9. The summed E-state index contributed by atoms with van der Waals surface area (Å²) < 4.78 is 45.2. The number of ether oxygens (including phenoxy) is 8. The number of rotatable bonds is 30. The van der Waals surface area contributed by atoms with Gasteiger partial charge in [-0.15, -0.1) is 0 Å². The van der Waals surface area contributed by atoms with Gasteiger partial charge in [-0.3, -0.25) is 0 Å². The number of amides is 2. The number of carbonyl (C=O) groups excluding carboxylic acids is 5. The summed E-state index contributed by atoms with van der Waals surface area (Å²) in [7, 11) is 0. The highest BCUT2D eigenvalue weighted by Gasteiger charge is 2.26. The molecule has 66 heavy (non-hydrogen) atoms. The Morgan fingerprint density at radius 2 is 0.652 bits per heavy atom. The van der Waals surface area contributed by atoms with Gasteiger partial charge in [-0.25, -0.2) is 24.0 Å². The minimum absolute atomic E-state index is 0.0791. The lowest BCUT2D eigenvalue weighted by Crippen LogP contribution is -2.26. The first-order valence-corrected chi connectivity index (χ1v) is 23.2. The lowest BCUT2D eigenvalue weighted by atomic mass is 10.1. The number of anilines is 4. The summed E-state index contributed by atoms with van der Waals surface area (Å²) >= 11 is 0. The Labute approximate surface area is 391 Å². The van der Waals surface area contributed by atoms with E-state index in [1.54, 1.807) is 27.7 Å². The maximum atomic E-state index is 13.8. The zero-order chi connectivity index (χ0) is 49.5. The van der Waals surface area contributed by atoms with E-state index in [2.05, 4.69) is 66.0 Å². The van der Waals surface area contributed by atoms with Crippen molar-refractivity contribution in [3.05, 3.63) is 46.5 Å². The number of benzene rings is 2. The number of esters is 4. The molecule has 4 atom stereocenters. The molecule has 0 saturated heterocycles. The smallest absolute Gasteiger partial charge is 0.340 e. The van der Waals surface area contributed by atoms with Crippen molar-refractivity contribution in [1.82, 2.24) is 0 Å². The third kappa shape index (κ3) is 22.0. The molecular formula is C49H78N4O13. The number of nitrogens with one attached hydrogen (secondary N) is 2. The predicted octanol–water partition coefficient (Wildman–Crippen LogP) is 8.93. The topological polar surface area (TPSA) is 235 Å². The molecule has 6 N–H and O–H groups in total. The van der Waals surface area contributed by atoms with Crippen LogP contribution in [0.5, 0.6) is 0 Å². The normalized spacial score (nSPS) is 13.3. The Morgan fingerprint density at radius 1 is 0.409 bits per heavy atom. The van der Waals surface area contributed by atoms with Crippen molar-refractivity contribution in [2.75, 3.05) is 75.0 Å². The van der Waals surface area contributed by atoms with Gasteiger partial charge in [0.15, 0.2) is 0 Å². The van der Waals surface area contributed by atoms with Gasteiger partial charge in [-0.05, 0) is 101 Å². The molecule has 0 radical (unpaired) electrons. The van der Waals surface area contributed by atoms with Crippen LogP contribution in [0.4, 0.5) is 27.5 Å². The van der Waals surface area contributed by atoms with Crippen LogP contribution in [0.15, 0.2) is 24.3 Å². The fraction of sp³-hybridized carbons (Fsp3) is 0.653. The van der Waals surface area contributed by atoms with Crippen LogP contribution < -0.4 is 22.1 Å². The molecule has 0 heterocycles. The summed E-state index contributed by atoms with van der Waals surface area (Å²) in [5.74, 6) is -1.75. The van der Waals surface area contributed by atoms with Gasteiger partial charge in [0.1, 0.15) is 26.4 Å². The summed E-state index contributed by atoms with van der Waals surface area (Å²) in [6, 6.07) is 3.82. The largest absolute Gasteiger partial charge is 0.459 e. The van der Waals surface area contributed by atoms with Gasteiger partial charge >= 0.3 is 29.9 Å². The van der Waals surface area contributed by atoms with Crippen LogP contribution >= 0.6 is 0 Å². The quantitative estimate of drug-likeness (QED) is 0.0325. The van der Waals surface area contributed by atoms with Crippen LogP contribution in [0.2, 0.25) is 0 Å². The van der Waals surface area contributed by atoms with E-state index in [9.17, 15) is 24.0 Å². The van der Waals surface area contributed by atoms with Gasteiger partial charge in [0.2, 0.25) is 0 Å². The molecule has 17 nitrogen and oxygen atoms in total. The average molecular weight is 931 g/mol. The minimum Gasteiger partial charge on any atom is -0.459 e. The molecule has 0 aliphatic carbocycles. The third-order valence-corrected chi connectivity index (χ3v) is 9.94. The Balaban J connectivity index is 2.46. The second kappa shape index (κ2) is 29.6. The van der Waals surface area contributed by atoms with E-state index in [4.69, 9.17) is 49.4 Å². The van der Waals surface area contributed by atoms with Crippen molar-refractivity contribution in [1.29, 1.82) is 0 Å². The van der Waals surface area contributed by atoms with Crippen LogP contribution in [-0.4, -0.2) is 107 Å². The molecule has 2 rings (SSSR count). The molecule has 2 aromatic rings. The van der Waals surface area contributed by atoms with Crippen LogP contribution in [0.25, 0.3) is 0 Å². The second-order valence-corrected chi connectivity index (χ2v) is 18.4. The van der Waals surface area contributed by atoms with Crippen LogP contribution in [0.1, 0.15) is 150 Å². The zero-order valence-electron chi connectivity index (χ0n) is 41.4. The van der Waals surface area contributed by atoms with Gasteiger partial charge in [0, 0.05) is 37.8 Å². The highest BCUT2D eigenvalue weighted by atomic mass is 16.6. The Hall–Kier alpha value is -4.97. The van der Waals surface area contributed by atoms with E-state index in [-0.39, 0.29) is 71.4 Å². The second-order valence-electron chi connectivity index (χ2n) is 18.4. The van der Waals surface area contributed by atoms with E-state index in [0.29, 0.717) is 50.1 Å². The number of hydrogen-bond acceptors (Lipinski definition) is 15. The molecule has 0 fully saturated rings. The van der Waals surface area contributed by atoms with Crippen molar-refractivity contribution in [2.45, 2.75) is 133 Å². The van der Waals surface area contributed by atoms with E-state index in [1.807, 2.05) is 0 Å². The lowest BCUT2D eigenvalue weighted by molar-refractivity contribution is -0.00365. The summed E-state index contributed by atoms with van der Waals surface area (Å²) in [6.45, 7) is 25.1. The molecular weight excluding hydrogens is 853 g/mol. The summed E-state index contributed by atoms with van der Waals surface area (Å²) in [5, 5.41) is 5.15. The van der Waals surface area contributed by atoms with E-state index in [0.717, 1.165) is 25.7 Å². The minimum atomic E-state index is -0.960. The van der Waals surface area contributed by atoms with Crippen molar-refractivity contribution in [3.8, 4) is 0 Å². The van der Waals surface area contributed by atoms with Gasteiger partial charge in [0.05, 0.1) is 58.0 Å². The van der Waals surface area contributed by atoms with Crippen molar-refractivity contribution >= 4 is 52.7 Å². The molecule has 0 spiro atoms. The molecule has 2 aromatic carbocycles. The molecule has 372 valence electrons. The SMILES string of the molecule is CC(C)CCO[C@@H](C)COC(=O)c1cc(C(=O)OC[C@H](C)OCCC(C)C)c(NC(=O)Nc2cc(N)c(C(=O)OC[C@H](C)OCCC(C)C)cc2C(=O)OC[C@H](C)OCCC(C)C)cc1N. The number of hydrogen-bond donors (Lipinski definition) is 4. The van der Waals surface area contributed by atoms with Crippen LogP contribution in [-0.2, 0) is 37.9 Å². The Kier molecular flexibility index (Phi) is 25.7. The molecule has 0 bridgehead atoms. The maximum Gasteiger partial charge on any atom is 0.340 e. The highest BCUT2D eigenvalue weighted by Crippen LogP contribution is 2.29. The van der Waals surface area contributed by atoms with Gasteiger partial charge in [-0.2, -0.15) is 0 Å². The third-order valence-electron chi connectivity index (χ3n) is 9.94. The molecule has 0 unspecified atom stereocenters. The number of carbonyl (C=O) groups is 5. The number of nitrogen functional groups attached to an aromatic ring is 2. The first-order chi connectivity index (χ1) is 31.1. The standard InChI is InChI=1S/C49H78N4O13/c1-29(2)13-17-59-33(9)25-63-45(54)37-21-39(47(56)65-27-35(11)61-19-15-31(5)6)43(23-41(37)50)52-49(58)53-44-24-42(51)38(46(55)64-26-34(10)60-18-14-30(3)4)22-40(44)48(57)66-28-36(12)62-20-16-32(7)8/h21-24,29-36H,13-20,25-28,50-51H2,1-12H3,(H2,52,53,58)/t33-,34-,35-,36-/m0/s1. The fourth-order valence-electron chi connectivity index (χ4n) is 5.70. The molecule has 17 heteroatoms.